The van der Waals surface area contributed by atoms with Crippen LogP contribution in [0, 0.1) is 5.92 Å². The van der Waals surface area contributed by atoms with Crippen LogP contribution in [0.2, 0.25) is 0 Å². The van der Waals surface area contributed by atoms with Gasteiger partial charge in [0.05, 0.1) is 18.9 Å². The molecule has 0 aromatic heterocycles. The lowest BCUT2D eigenvalue weighted by Gasteiger charge is -2.16. The van der Waals surface area contributed by atoms with Crippen LogP contribution in [0.15, 0.2) is 4.99 Å². The number of hydrogen-bond acceptors (Lipinski definition) is 4. The van der Waals surface area contributed by atoms with Gasteiger partial charge in [-0.2, -0.15) is 0 Å². The molecule has 0 aromatic rings. The van der Waals surface area contributed by atoms with E-state index >= 15 is 0 Å². The fraction of sp³-hybridized carbons (Fsp3) is 0.857. The van der Waals surface area contributed by atoms with Gasteiger partial charge in [0.2, 0.25) is 10.0 Å². The minimum absolute atomic E-state index is 0.0432. The van der Waals surface area contributed by atoms with Crippen LogP contribution in [0.4, 0.5) is 0 Å². The summed E-state index contributed by atoms with van der Waals surface area (Å²) in [7, 11) is -3.19. The normalized spacial score (nSPS) is 20.7. The van der Waals surface area contributed by atoms with E-state index in [1.165, 1.54) is 0 Å². The second-order valence-electron chi connectivity index (χ2n) is 3.31. The Morgan fingerprint density at radius 1 is 1.62 bits per heavy atom. The van der Waals surface area contributed by atoms with Crippen LogP contribution in [0.25, 0.3) is 0 Å². The zero-order valence-corrected chi connectivity index (χ0v) is 8.60. The zero-order chi connectivity index (χ0) is 9.90. The molecule has 76 valence electrons. The van der Waals surface area contributed by atoms with Crippen molar-refractivity contribution >= 4 is 16.0 Å². The minimum Gasteiger partial charge on any atom is -0.464 e. The van der Waals surface area contributed by atoms with Crippen LogP contribution >= 0.6 is 0 Å². The van der Waals surface area contributed by atoms with Crippen LogP contribution in [-0.2, 0) is 14.8 Å². The SMILES string of the molecule is CC(C)COC1=NCCS(=O)(=O)N1. The Balaban J connectivity index is 2.48. The van der Waals surface area contributed by atoms with Crippen molar-refractivity contribution in [3.8, 4) is 0 Å². The topological polar surface area (TPSA) is 67.8 Å². The molecule has 0 saturated heterocycles. The van der Waals surface area contributed by atoms with Crippen molar-refractivity contribution in [2.75, 3.05) is 18.9 Å². The Morgan fingerprint density at radius 3 is 2.85 bits per heavy atom. The third-order valence-electron chi connectivity index (χ3n) is 1.41. The standard InChI is InChI=1S/C7H14N2O3S/c1-6(2)5-12-7-8-3-4-13(10,11)9-7/h6H,3-5H2,1-2H3,(H,8,9). The van der Waals surface area contributed by atoms with Gasteiger partial charge in [-0.25, -0.2) is 18.1 Å². The van der Waals surface area contributed by atoms with E-state index in [0.29, 0.717) is 12.5 Å². The van der Waals surface area contributed by atoms with Gasteiger partial charge in [0, 0.05) is 0 Å². The molecule has 5 nitrogen and oxygen atoms in total. The van der Waals surface area contributed by atoms with Crippen molar-refractivity contribution in [2.24, 2.45) is 10.9 Å². The Labute approximate surface area is 78.2 Å². The maximum absolute atomic E-state index is 11.0. The maximum atomic E-state index is 11.0. The molecule has 1 rings (SSSR count). The van der Waals surface area contributed by atoms with Gasteiger partial charge in [-0.15, -0.1) is 0 Å². The number of ether oxygens (including phenoxy) is 1. The highest BCUT2D eigenvalue weighted by atomic mass is 32.2. The van der Waals surface area contributed by atoms with E-state index in [9.17, 15) is 8.42 Å². The number of nitrogens with one attached hydrogen (secondary N) is 1. The molecule has 0 atom stereocenters. The molecule has 0 unspecified atom stereocenters. The van der Waals surface area contributed by atoms with Gasteiger partial charge in [0.1, 0.15) is 0 Å². The molecule has 0 fully saturated rings. The van der Waals surface area contributed by atoms with Crippen molar-refractivity contribution in [2.45, 2.75) is 13.8 Å². The van der Waals surface area contributed by atoms with Gasteiger partial charge < -0.3 is 4.74 Å². The Kier molecular flexibility index (Phi) is 3.13. The van der Waals surface area contributed by atoms with Crippen LogP contribution in [-0.4, -0.2) is 33.3 Å². The lowest BCUT2D eigenvalue weighted by Crippen LogP contribution is -2.39. The van der Waals surface area contributed by atoms with E-state index in [-0.39, 0.29) is 18.3 Å². The molecule has 0 radical (unpaired) electrons. The molecule has 1 heterocycles. The summed E-state index contributed by atoms with van der Waals surface area (Å²) in [6, 6.07) is 0.125. The van der Waals surface area contributed by atoms with Crippen molar-refractivity contribution in [3.05, 3.63) is 0 Å². The quantitative estimate of drug-likeness (QED) is 0.688. The van der Waals surface area contributed by atoms with Gasteiger partial charge in [-0.1, -0.05) is 13.8 Å². The summed E-state index contributed by atoms with van der Waals surface area (Å²) in [4.78, 5) is 3.90. The van der Waals surface area contributed by atoms with Gasteiger partial charge in [0.15, 0.2) is 0 Å². The van der Waals surface area contributed by atoms with E-state index in [1.54, 1.807) is 0 Å². The highest BCUT2D eigenvalue weighted by Crippen LogP contribution is 1.98. The molecular weight excluding hydrogens is 192 g/mol. The molecule has 0 saturated carbocycles. The van der Waals surface area contributed by atoms with Gasteiger partial charge in [0.25, 0.3) is 6.02 Å². The highest BCUT2D eigenvalue weighted by Gasteiger charge is 2.18. The summed E-state index contributed by atoms with van der Waals surface area (Å²) in [6.07, 6.45) is 0. The molecule has 13 heavy (non-hydrogen) atoms. The first-order valence-corrected chi connectivity index (χ1v) is 5.82. The highest BCUT2D eigenvalue weighted by molar-refractivity contribution is 7.90. The lowest BCUT2D eigenvalue weighted by molar-refractivity contribution is 0.250. The molecule has 6 heteroatoms. The molecule has 0 aliphatic carbocycles. The number of hydrogen-bond donors (Lipinski definition) is 1. The summed E-state index contributed by atoms with van der Waals surface area (Å²) in [5.41, 5.74) is 0. The van der Waals surface area contributed by atoms with Gasteiger partial charge in [-0.05, 0) is 5.92 Å². The zero-order valence-electron chi connectivity index (χ0n) is 7.78. The fourth-order valence-corrected chi connectivity index (χ4v) is 1.63. The molecule has 0 amide bonds. The van der Waals surface area contributed by atoms with E-state index in [0.717, 1.165) is 0 Å². The number of sulfonamides is 1. The molecule has 0 aromatic carbocycles. The van der Waals surface area contributed by atoms with E-state index in [1.807, 2.05) is 13.8 Å². The average Bonchev–Trinajstić information content (AvgIpc) is 1.99. The van der Waals surface area contributed by atoms with Crippen molar-refractivity contribution in [3.63, 3.8) is 0 Å². The van der Waals surface area contributed by atoms with E-state index in [2.05, 4.69) is 9.71 Å². The van der Waals surface area contributed by atoms with Crippen LogP contribution < -0.4 is 4.72 Å². The third kappa shape index (κ3) is 3.63. The number of amidine groups is 1. The Bertz CT molecular complexity index is 295. The number of nitrogens with zero attached hydrogens (tertiary/aromatic N) is 1. The molecule has 1 aliphatic heterocycles. The predicted molar refractivity (Wildman–Crippen MR) is 50.0 cm³/mol. The summed E-state index contributed by atoms with van der Waals surface area (Å²) in [6.45, 7) is 4.72. The Morgan fingerprint density at radius 2 is 2.31 bits per heavy atom. The molecule has 1 aliphatic rings. The van der Waals surface area contributed by atoms with E-state index < -0.39 is 10.0 Å². The molecule has 0 spiro atoms. The molecule has 0 bridgehead atoms. The monoisotopic (exact) mass is 206 g/mol. The Hall–Kier alpha value is -0.780. The third-order valence-corrected chi connectivity index (χ3v) is 2.62. The molecule has 1 N–H and O–H groups in total. The average molecular weight is 206 g/mol. The first-order valence-electron chi connectivity index (χ1n) is 4.17. The van der Waals surface area contributed by atoms with Crippen LogP contribution in [0.1, 0.15) is 13.8 Å². The van der Waals surface area contributed by atoms with Crippen molar-refractivity contribution in [1.29, 1.82) is 0 Å². The first-order chi connectivity index (χ1) is 5.99. The number of rotatable bonds is 2. The van der Waals surface area contributed by atoms with Gasteiger partial charge in [-0.3, -0.25) is 0 Å². The fourth-order valence-electron chi connectivity index (χ4n) is 0.804. The second kappa shape index (κ2) is 3.95. The predicted octanol–water partition coefficient (Wildman–Crippen LogP) is -0.0520. The summed E-state index contributed by atoms with van der Waals surface area (Å²) < 4.78 is 29.5. The first kappa shape index (κ1) is 10.3. The molecular formula is C7H14N2O3S. The minimum atomic E-state index is -3.19. The van der Waals surface area contributed by atoms with Crippen LogP contribution in [0.5, 0.6) is 0 Å². The maximum Gasteiger partial charge on any atom is 0.298 e. The van der Waals surface area contributed by atoms with Crippen LogP contribution in [0.3, 0.4) is 0 Å². The summed E-state index contributed by atoms with van der Waals surface area (Å²) in [5.74, 6) is 0.399. The smallest absolute Gasteiger partial charge is 0.298 e. The summed E-state index contributed by atoms with van der Waals surface area (Å²) >= 11 is 0. The van der Waals surface area contributed by atoms with E-state index in [4.69, 9.17) is 4.74 Å². The largest absolute Gasteiger partial charge is 0.464 e. The van der Waals surface area contributed by atoms with Crippen molar-refractivity contribution < 1.29 is 13.2 Å². The summed E-state index contributed by atoms with van der Waals surface area (Å²) in [5, 5.41) is 0. The van der Waals surface area contributed by atoms with Gasteiger partial charge >= 0.3 is 0 Å². The lowest BCUT2D eigenvalue weighted by atomic mass is 10.2. The second-order valence-corrected chi connectivity index (χ2v) is 5.15. The van der Waals surface area contributed by atoms with Crippen molar-refractivity contribution in [1.82, 2.24) is 4.72 Å². The number of aliphatic imine (C=N–C) groups is 1.